The SMILES string of the molecule is C[C@@H](OC(=O)c1cc2ccc(C(C)(C)C)cc2[nH]1)c1nnc(-c2cccs2)o1. The summed E-state index contributed by atoms with van der Waals surface area (Å²) in [5, 5.41) is 10.9. The third-order valence-corrected chi connectivity index (χ3v) is 5.37. The van der Waals surface area contributed by atoms with Crippen LogP contribution < -0.4 is 0 Å². The Morgan fingerprint density at radius 1 is 1.21 bits per heavy atom. The van der Waals surface area contributed by atoms with Gasteiger partial charge in [-0.1, -0.05) is 39.0 Å². The molecule has 0 aliphatic carbocycles. The molecule has 144 valence electrons. The Bertz CT molecular complexity index is 1120. The van der Waals surface area contributed by atoms with Crippen molar-refractivity contribution in [2.24, 2.45) is 0 Å². The molecule has 28 heavy (non-hydrogen) atoms. The first-order valence-electron chi connectivity index (χ1n) is 9.03. The number of ether oxygens (including phenoxy) is 1. The van der Waals surface area contributed by atoms with E-state index in [1.807, 2.05) is 23.6 Å². The van der Waals surface area contributed by atoms with Crippen molar-refractivity contribution in [3.63, 3.8) is 0 Å². The minimum atomic E-state index is -0.648. The smallest absolute Gasteiger partial charge is 0.355 e. The second kappa shape index (κ2) is 6.91. The highest BCUT2D eigenvalue weighted by molar-refractivity contribution is 7.13. The molecule has 0 amide bonds. The number of carbonyl (C=O) groups is 1. The van der Waals surface area contributed by atoms with Gasteiger partial charge in [0.25, 0.3) is 11.8 Å². The normalized spacial score (nSPS) is 13.0. The van der Waals surface area contributed by atoms with Gasteiger partial charge < -0.3 is 14.1 Å². The van der Waals surface area contributed by atoms with Gasteiger partial charge in [0, 0.05) is 10.9 Å². The second-order valence-corrected chi connectivity index (χ2v) is 8.65. The van der Waals surface area contributed by atoms with Gasteiger partial charge in [0.1, 0.15) is 5.69 Å². The first kappa shape index (κ1) is 18.4. The van der Waals surface area contributed by atoms with Crippen molar-refractivity contribution >= 4 is 28.2 Å². The van der Waals surface area contributed by atoms with Gasteiger partial charge >= 0.3 is 5.97 Å². The van der Waals surface area contributed by atoms with Gasteiger partial charge in [-0.3, -0.25) is 0 Å². The number of hydrogen-bond acceptors (Lipinski definition) is 6. The lowest BCUT2D eigenvalue weighted by Gasteiger charge is -2.18. The van der Waals surface area contributed by atoms with Crippen molar-refractivity contribution in [2.75, 3.05) is 0 Å². The van der Waals surface area contributed by atoms with Crippen molar-refractivity contribution in [2.45, 2.75) is 39.2 Å². The van der Waals surface area contributed by atoms with E-state index < -0.39 is 12.1 Å². The summed E-state index contributed by atoms with van der Waals surface area (Å²) < 4.78 is 11.2. The monoisotopic (exact) mass is 395 g/mol. The van der Waals surface area contributed by atoms with Crippen molar-refractivity contribution < 1.29 is 13.9 Å². The summed E-state index contributed by atoms with van der Waals surface area (Å²) >= 11 is 1.51. The zero-order chi connectivity index (χ0) is 19.9. The van der Waals surface area contributed by atoms with Crippen LogP contribution >= 0.6 is 11.3 Å². The maximum absolute atomic E-state index is 12.6. The zero-order valence-corrected chi connectivity index (χ0v) is 17.0. The molecule has 0 saturated heterocycles. The van der Waals surface area contributed by atoms with E-state index in [0.29, 0.717) is 11.6 Å². The Labute approximate surface area is 166 Å². The number of aromatic nitrogens is 3. The summed E-state index contributed by atoms with van der Waals surface area (Å²) in [6.45, 7) is 8.18. The van der Waals surface area contributed by atoms with E-state index >= 15 is 0 Å². The molecule has 0 saturated carbocycles. The Hall–Kier alpha value is -2.93. The lowest BCUT2D eigenvalue weighted by molar-refractivity contribution is 0.0274. The number of aromatic amines is 1. The van der Waals surface area contributed by atoms with E-state index in [2.05, 4.69) is 48.1 Å². The summed E-state index contributed by atoms with van der Waals surface area (Å²) in [4.78, 5) is 16.6. The van der Waals surface area contributed by atoms with E-state index in [1.54, 1.807) is 13.0 Å². The van der Waals surface area contributed by atoms with Crippen molar-refractivity contribution in [3.05, 3.63) is 58.9 Å². The van der Waals surface area contributed by atoms with Crippen LogP contribution in [0.4, 0.5) is 0 Å². The maximum atomic E-state index is 12.6. The van der Waals surface area contributed by atoms with Gasteiger partial charge in [0.05, 0.1) is 4.88 Å². The number of rotatable bonds is 4. The van der Waals surface area contributed by atoms with Gasteiger partial charge in [0.2, 0.25) is 0 Å². The quantitative estimate of drug-likeness (QED) is 0.462. The Morgan fingerprint density at radius 2 is 2.04 bits per heavy atom. The molecule has 0 aliphatic rings. The summed E-state index contributed by atoms with van der Waals surface area (Å²) in [6, 6.07) is 11.8. The van der Waals surface area contributed by atoms with E-state index in [-0.39, 0.29) is 11.3 Å². The Morgan fingerprint density at radius 3 is 2.75 bits per heavy atom. The van der Waals surface area contributed by atoms with Gasteiger partial charge in [-0.25, -0.2) is 4.79 Å². The fraction of sp³-hybridized carbons (Fsp3) is 0.286. The van der Waals surface area contributed by atoms with Crippen molar-refractivity contribution in [3.8, 4) is 10.8 Å². The highest BCUT2D eigenvalue weighted by atomic mass is 32.1. The van der Waals surface area contributed by atoms with Crippen LogP contribution in [0, 0.1) is 0 Å². The molecule has 4 aromatic rings. The first-order chi connectivity index (χ1) is 13.3. The van der Waals surface area contributed by atoms with Gasteiger partial charge in [-0.05, 0) is 41.5 Å². The number of carbonyl (C=O) groups excluding carboxylic acids is 1. The van der Waals surface area contributed by atoms with Crippen LogP contribution in [0.3, 0.4) is 0 Å². The molecule has 0 unspecified atom stereocenters. The lowest BCUT2D eigenvalue weighted by Crippen LogP contribution is -2.10. The standard InChI is InChI=1S/C21H21N3O3S/c1-12(18-23-24-19(27-18)17-6-5-9-28-17)26-20(25)16-10-13-7-8-14(21(2,3)4)11-15(13)22-16/h5-12,22H,1-4H3/t12-/m1/s1. The first-order valence-corrected chi connectivity index (χ1v) is 9.91. The van der Waals surface area contributed by atoms with E-state index in [0.717, 1.165) is 15.8 Å². The summed E-state index contributed by atoms with van der Waals surface area (Å²) in [6.07, 6.45) is -0.648. The van der Waals surface area contributed by atoms with E-state index in [9.17, 15) is 4.79 Å². The molecular weight excluding hydrogens is 374 g/mol. The molecule has 0 radical (unpaired) electrons. The van der Waals surface area contributed by atoms with Gasteiger partial charge in [-0.2, -0.15) is 0 Å². The number of hydrogen-bond donors (Lipinski definition) is 1. The number of thiophene rings is 1. The molecule has 0 fully saturated rings. The molecule has 7 heteroatoms. The van der Waals surface area contributed by atoms with Crippen LogP contribution in [0.25, 0.3) is 21.7 Å². The van der Waals surface area contributed by atoms with E-state index in [4.69, 9.17) is 9.15 Å². The average molecular weight is 395 g/mol. The highest BCUT2D eigenvalue weighted by Gasteiger charge is 2.22. The third-order valence-electron chi connectivity index (χ3n) is 4.51. The van der Waals surface area contributed by atoms with Gasteiger partial charge in [0.15, 0.2) is 6.10 Å². The topological polar surface area (TPSA) is 81.0 Å². The zero-order valence-electron chi connectivity index (χ0n) is 16.1. The van der Waals surface area contributed by atoms with Crippen LogP contribution in [0.1, 0.15) is 55.7 Å². The Kier molecular flexibility index (Phi) is 4.55. The summed E-state index contributed by atoms with van der Waals surface area (Å²) in [5.41, 5.74) is 2.53. The minimum Gasteiger partial charge on any atom is -0.448 e. The molecule has 1 N–H and O–H groups in total. The van der Waals surface area contributed by atoms with Crippen molar-refractivity contribution in [1.29, 1.82) is 0 Å². The molecule has 0 aliphatic heterocycles. The average Bonchev–Trinajstić information content (AvgIpc) is 3.38. The molecule has 3 aromatic heterocycles. The van der Waals surface area contributed by atoms with Crippen LogP contribution in [0.2, 0.25) is 0 Å². The van der Waals surface area contributed by atoms with Crippen LogP contribution in [-0.4, -0.2) is 21.2 Å². The molecule has 1 atom stereocenters. The van der Waals surface area contributed by atoms with E-state index in [1.165, 1.54) is 16.9 Å². The van der Waals surface area contributed by atoms with Gasteiger partial charge in [-0.15, -0.1) is 21.5 Å². The number of nitrogens with zero attached hydrogens (tertiary/aromatic N) is 2. The lowest BCUT2D eigenvalue weighted by atomic mass is 9.87. The molecule has 6 nitrogen and oxygen atoms in total. The fourth-order valence-electron chi connectivity index (χ4n) is 2.88. The van der Waals surface area contributed by atoms with Crippen molar-refractivity contribution in [1.82, 2.24) is 15.2 Å². The molecular formula is C21H21N3O3S. The van der Waals surface area contributed by atoms with Crippen LogP contribution in [0.15, 0.2) is 46.2 Å². The molecule has 3 heterocycles. The molecule has 1 aromatic carbocycles. The second-order valence-electron chi connectivity index (χ2n) is 7.71. The molecule has 0 bridgehead atoms. The third kappa shape index (κ3) is 3.57. The minimum absolute atomic E-state index is 0.0344. The fourth-order valence-corrected chi connectivity index (χ4v) is 3.52. The predicted octanol–water partition coefficient (Wildman–Crippen LogP) is 5.49. The Balaban J connectivity index is 1.51. The number of benzene rings is 1. The van der Waals surface area contributed by atoms with Crippen LogP contribution in [-0.2, 0) is 10.2 Å². The van der Waals surface area contributed by atoms with Crippen LogP contribution in [0.5, 0.6) is 0 Å². The maximum Gasteiger partial charge on any atom is 0.355 e. The number of esters is 1. The highest BCUT2D eigenvalue weighted by Crippen LogP contribution is 2.28. The predicted molar refractivity (Wildman–Crippen MR) is 108 cm³/mol. The largest absolute Gasteiger partial charge is 0.448 e. The summed E-state index contributed by atoms with van der Waals surface area (Å²) in [5.74, 6) is 0.230. The number of nitrogens with one attached hydrogen (secondary N) is 1. The number of H-pyrrole nitrogens is 1. The molecule has 0 spiro atoms. The summed E-state index contributed by atoms with van der Waals surface area (Å²) in [7, 11) is 0. The number of fused-ring (bicyclic) bond motifs is 1. The molecule has 4 rings (SSSR count).